The summed E-state index contributed by atoms with van der Waals surface area (Å²) < 4.78 is 10.6. The molecule has 0 aliphatic heterocycles. The van der Waals surface area contributed by atoms with Gasteiger partial charge < -0.3 is 14.6 Å². The van der Waals surface area contributed by atoms with Crippen molar-refractivity contribution in [2.45, 2.75) is 64.7 Å². The zero-order valence-electron chi connectivity index (χ0n) is 13.7. The van der Waals surface area contributed by atoms with Crippen LogP contribution in [0.5, 0.6) is 0 Å². The van der Waals surface area contributed by atoms with Crippen LogP contribution in [-0.4, -0.2) is 61.7 Å². The molecule has 0 saturated heterocycles. The van der Waals surface area contributed by atoms with E-state index in [0.29, 0.717) is 25.2 Å². The van der Waals surface area contributed by atoms with Gasteiger partial charge in [-0.3, -0.25) is 4.90 Å². The predicted octanol–water partition coefficient (Wildman–Crippen LogP) is 2.30. The zero-order valence-corrected chi connectivity index (χ0v) is 13.7. The van der Waals surface area contributed by atoms with E-state index >= 15 is 0 Å². The standard InChI is InChI=1S/C16H33NO3/c1-13(2)9-17(15-7-5-6-8-15)10-16(18)12-20-14(3)11-19-4/h13-16,18H,5-12H2,1-4H3. The predicted molar refractivity (Wildman–Crippen MR) is 82.0 cm³/mol. The highest BCUT2D eigenvalue weighted by atomic mass is 16.5. The molecule has 20 heavy (non-hydrogen) atoms. The van der Waals surface area contributed by atoms with E-state index in [4.69, 9.17) is 9.47 Å². The van der Waals surface area contributed by atoms with Crippen LogP contribution in [0, 0.1) is 5.92 Å². The van der Waals surface area contributed by atoms with Crippen molar-refractivity contribution >= 4 is 0 Å². The second-order valence-corrected chi connectivity index (χ2v) is 6.54. The van der Waals surface area contributed by atoms with Gasteiger partial charge in [0.15, 0.2) is 0 Å². The summed E-state index contributed by atoms with van der Waals surface area (Å²) in [7, 11) is 1.67. The Kier molecular flexibility index (Phi) is 8.69. The molecule has 1 aliphatic carbocycles. The highest BCUT2D eigenvalue weighted by Gasteiger charge is 2.25. The van der Waals surface area contributed by atoms with E-state index in [0.717, 1.165) is 13.1 Å². The van der Waals surface area contributed by atoms with Crippen LogP contribution in [0.3, 0.4) is 0 Å². The molecule has 0 amide bonds. The third kappa shape index (κ3) is 7.02. The van der Waals surface area contributed by atoms with Crippen molar-refractivity contribution in [1.82, 2.24) is 4.90 Å². The van der Waals surface area contributed by atoms with Crippen molar-refractivity contribution in [3.05, 3.63) is 0 Å². The Morgan fingerprint density at radius 1 is 1.10 bits per heavy atom. The summed E-state index contributed by atoms with van der Waals surface area (Å²) in [5.41, 5.74) is 0. The van der Waals surface area contributed by atoms with E-state index in [9.17, 15) is 5.11 Å². The number of methoxy groups -OCH3 is 1. The van der Waals surface area contributed by atoms with Crippen LogP contribution in [0.2, 0.25) is 0 Å². The van der Waals surface area contributed by atoms with Crippen molar-refractivity contribution in [1.29, 1.82) is 0 Å². The van der Waals surface area contributed by atoms with Crippen molar-refractivity contribution in [2.75, 3.05) is 33.4 Å². The number of rotatable bonds is 10. The molecule has 1 fully saturated rings. The van der Waals surface area contributed by atoms with E-state index in [1.54, 1.807) is 7.11 Å². The third-order valence-electron chi connectivity index (χ3n) is 3.86. The minimum atomic E-state index is -0.409. The van der Waals surface area contributed by atoms with Gasteiger partial charge in [0.2, 0.25) is 0 Å². The molecule has 0 aromatic carbocycles. The minimum absolute atomic E-state index is 0.0414. The van der Waals surface area contributed by atoms with Crippen molar-refractivity contribution < 1.29 is 14.6 Å². The van der Waals surface area contributed by atoms with E-state index < -0.39 is 6.10 Å². The summed E-state index contributed by atoms with van der Waals surface area (Å²) in [5, 5.41) is 10.2. The van der Waals surface area contributed by atoms with Crippen LogP contribution in [0.25, 0.3) is 0 Å². The normalized spacial score (nSPS) is 19.9. The van der Waals surface area contributed by atoms with Gasteiger partial charge in [0.05, 0.1) is 25.4 Å². The van der Waals surface area contributed by atoms with E-state index in [1.165, 1.54) is 25.7 Å². The van der Waals surface area contributed by atoms with Gasteiger partial charge in [0.1, 0.15) is 0 Å². The quantitative estimate of drug-likeness (QED) is 0.669. The summed E-state index contributed by atoms with van der Waals surface area (Å²) in [6.45, 7) is 9.21. The van der Waals surface area contributed by atoms with Gasteiger partial charge in [-0.1, -0.05) is 26.7 Å². The lowest BCUT2D eigenvalue weighted by Crippen LogP contribution is -2.43. The number of aliphatic hydroxyl groups is 1. The van der Waals surface area contributed by atoms with Crippen LogP contribution >= 0.6 is 0 Å². The third-order valence-corrected chi connectivity index (χ3v) is 3.86. The molecule has 1 aliphatic rings. The molecule has 1 rings (SSSR count). The first-order chi connectivity index (χ1) is 9.52. The molecule has 4 heteroatoms. The Balaban J connectivity index is 2.35. The van der Waals surface area contributed by atoms with Gasteiger partial charge in [0.25, 0.3) is 0 Å². The number of hydrogen-bond donors (Lipinski definition) is 1. The van der Waals surface area contributed by atoms with E-state index in [1.807, 2.05) is 6.92 Å². The van der Waals surface area contributed by atoms with Gasteiger partial charge >= 0.3 is 0 Å². The molecular formula is C16H33NO3. The maximum absolute atomic E-state index is 10.2. The molecule has 0 bridgehead atoms. The number of nitrogens with zero attached hydrogens (tertiary/aromatic N) is 1. The van der Waals surface area contributed by atoms with Gasteiger partial charge in [0, 0.05) is 26.2 Å². The molecule has 0 spiro atoms. The highest BCUT2D eigenvalue weighted by molar-refractivity contribution is 4.80. The molecule has 2 unspecified atom stereocenters. The minimum Gasteiger partial charge on any atom is -0.389 e. The molecule has 2 atom stereocenters. The average molecular weight is 287 g/mol. The average Bonchev–Trinajstić information content (AvgIpc) is 2.89. The van der Waals surface area contributed by atoms with Crippen LogP contribution in [0.15, 0.2) is 0 Å². The Morgan fingerprint density at radius 3 is 2.30 bits per heavy atom. The SMILES string of the molecule is COCC(C)OCC(O)CN(CC(C)C)C1CCCC1. The first-order valence-corrected chi connectivity index (χ1v) is 8.05. The highest BCUT2D eigenvalue weighted by Crippen LogP contribution is 2.24. The maximum Gasteiger partial charge on any atom is 0.0900 e. The van der Waals surface area contributed by atoms with Gasteiger partial charge in [-0.05, 0) is 25.7 Å². The van der Waals surface area contributed by atoms with Crippen molar-refractivity contribution in [3.8, 4) is 0 Å². The number of hydrogen-bond acceptors (Lipinski definition) is 4. The van der Waals surface area contributed by atoms with Crippen LogP contribution in [-0.2, 0) is 9.47 Å². The first kappa shape index (κ1) is 17.9. The molecule has 0 aromatic rings. The molecule has 0 heterocycles. The van der Waals surface area contributed by atoms with Crippen LogP contribution < -0.4 is 0 Å². The molecule has 0 aromatic heterocycles. The van der Waals surface area contributed by atoms with Crippen molar-refractivity contribution in [2.24, 2.45) is 5.92 Å². The van der Waals surface area contributed by atoms with Gasteiger partial charge in [-0.15, -0.1) is 0 Å². The number of ether oxygens (including phenoxy) is 2. The Hall–Kier alpha value is -0.160. The first-order valence-electron chi connectivity index (χ1n) is 8.05. The smallest absolute Gasteiger partial charge is 0.0900 e. The molecule has 1 N–H and O–H groups in total. The molecule has 4 nitrogen and oxygen atoms in total. The lowest BCUT2D eigenvalue weighted by atomic mass is 10.1. The Bertz CT molecular complexity index is 242. The van der Waals surface area contributed by atoms with Crippen LogP contribution in [0.4, 0.5) is 0 Å². The maximum atomic E-state index is 10.2. The fraction of sp³-hybridized carbons (Fsp3) is 1.00. The summed E-state index contributed by atoms with van der Waals surface area (Å²) >= 11 is 0. The molecule has 120 valence electrons. The Labute approximate surface area is 124 Å². The lowest BCUT2D eigenvalue weighted by Gasteiger charge is -2.32. The summed E-state index contributed by atoms with van der Waals surface area (Å²) in [6, 6.07) is 0.656. The fourth-order valence-corrected chi connectivity index (χ4v) is 2.99. The van der Waals surface area contributed by atoms with Gasteiger partial charge in [-0.25, -0.2) is 0 Å². The largest absolute Gasteiger partial charge is 0.389 e. The molecular weight excluding hydrogens is 254 g/mol. The second kappa shape index (κ2) is 9.72. The summed E-state index contributed by atoms with van der Waals surface area (Å²) in [4.78, 5) is 2.46. The topological polar surface area (TPSA) is 41.9 Å². The Morgan fingerprint density at radius 2 is 1.75 bits per heavy atom. The molecule has 0 radical (unpaired) electrons. The molecule has 1 saturated carbocycles. The number of aliphatic hydroxyl groups excluding tert-OH is 1. The zero-order chi connectivity index (χ0) is 15.0. The lowest BCUT2D eigenvalue weighted by molar-refractivity contribution is -0.0436. The van der Waals surface area contributed by atoms with Crippen LogP contribution in [0.1, 0.15) is 46.5 Å². The van der Waals surface area contributed by atoms with E-state index in [-0.39, 0.29) is 6.10 Å². The van der Waals surface area contributed by atoms with Crippen molar-refractivity contribution in [3.63, 3.8) is 0 Å². The summed E-state index contributed by atoms with van der Waals surface area (Å²) in [5.74, 6) is 0.635. The monoisotopic (exact) mass is 287 g/mol. The van der Waals surface area contributed by atoms with E-state index in [2.05, 4.69) is 18.7 Å². The second-order valence-electron chi connectivity index (χ2n) is 6.54. The fourth-order valence-electron chi connectivity index (χ4n) is 2.99. The summed E-state index contributed by atoms with van der Waals surface area (Å²) in [6.07, 6.45) is 4.85. The van der Waals surface area contributed by atoms with Gasteiger partial charge in [-0.2, -0.15) is 0 Å².